The van der Waals surface area contributed by atoms with Crippen molar-refractivity contribution in [1.29, 1.82) is 0 Å². The molecule has 0 bridgehead atoms. The molecule has 406 valence electrons. The second-order valence-electron chi connectivity index (χ2n) is 24.2. The van der Waals surface area contributed by atoms with Crippen molar-refractivity contribution in [1.82, 2.24) is 19.6 Å². The quantitative estimate of drug-likeness (QED) is 0.0562. The Hall–Kier alpha value is -4.94. The number of carbonyl (C=O) groups excluding carboxylic acids is 6. The Kier molecular flexibility index (Phi) is 18.5. The first-order valence-corrected chi connectivity index (χ1v) is 28.7. The van der Waals surface area contributed by atoms with Crippen LogP contribution in [0.15, 0.2) is 43.3 Å². The van der Waals surface area contributed by atoms with Crippen LogP contribution >= 0.6 is 0 Å². The van der Waals surface area contributed by atoms with Gasteiger partial charge in [-0.2, -0.15) is 4.99 Å². The molecule has 8 rings (SSSR count). The van der Waals surface area contributed by atoms with E-state index in [1.54, 1.807) is 35.8 Å². The number of methoxy groups -OCH3 is 2. The van der Waals surface area contributed by atoms with Gasteiger partial charge in [-0.15, -0.1) is 0 Å². The lowest BCUT2D eigenvalue weighted by Crippen LogP contribution is -2.71. The first kappa shape index (κ1) is 55.3. The van der Waals surface area contributed by atoms with E-state index >= 15 is 0 Å². The molecule has 2 saturated heterocycles. The third-order valence-corrected chi connectivity index (χ3v) is 19.3. The number of urea groups is 2. The van der Waals surface area contributed by atoms with Crippen LogP contribution < -0.4 is 0 Å². The van der Waals surface area contributed by atoms with E-state index in [1.165, 1.54) is 25.4 Å². The molecule has 16 heteroatoms. The Bertz CT molecular complexity index is 2250. The lowest BCUT2D eigenvalue weighted by Gasteiger charge is -2.50. The van der Waals surface area contributed by atoms with Crippen LogP contribution in [-0.4, -0.2) is 130 Å². The number of aliphatic imine (C=N–C) groups is 4. The Morgan fingerprint density at radius 2 is 1.12 bits per heavy atom. The Labute approximate surface area is 440 Å². The van der Waals surface area contributed by atoms with Gasteiger partial charge in [-0.1, -0.05) is 23.3 Å². The van der Waals surface area contributed by atoms with E-state index in [0.29, 0.717) is 47.4 Å². The smallest absolute Gasteiger partial charge is 0.334 e. The molecule has 5 atom stereocenters. The maximum atomic E-state index is 13.9. The Morgan fingerprint density at radius 3 is 1.65 bits per heavy atom. The first-order valence-electron chi connectivity index (χ1n) is 28.7. The van der Waals surface area contributed by atoms with Gasteiger partial charge in [0, 0.05) is 12.1 Å². The van der Waals surface area contributed by atoms with E-state index in [9.17, 15) is 28.8 Å². The lowest BCUT2D eigenvalue weighted by molar-refractivity contribution is -0.145. The summed E-state index contributed by atoms with van der Waals surface area (Å²) in [7, 11) is 2.72. The standard InChI is InChI=1S/C58H86N8O8/c1-37(46-20-8-40(9-21-46)32-42-12-24-48(25-13-42)59-35-67)63-54(64(56(63)71)38(2)52(69)73-6)61-49-26-14-44(15-27-49)34-45-18-30-51(31-19-45)66-55(65(57(66)72)39(3)53(70)74-7)62-50-28-16-43(17-29-50)33-41-10-22-47(23-11-41)58(4,5)60-36-68/h8,16,37-39,41-42,44-51H,9-15,17-34H2,1-7H3. The van der Waals surface area contributed by atoms with E-state index in [0.717, 1.165) is 161 Å². The van der Waals surface area contributed by atoms with Gasteiger partial charge in [0.05, 0.1) is 37.9 Å². The number of esters is 2. The molecule has 4 amide bonds. The molecule has 6 fully saturated rings. The van der Waals surface area contributed by atoms with Gasteiger partial charge in [-0.05, 0) is 231 Å². The predicted octanol–water partition coefficient (Wildman–Crippen LogP) is 11.0. The summed E-state index contributed by atoms with van der Waals surface area (Å²) in [6.45, 7) is 9.68. The van der Waals surface area contributed by atoms with E-state index in [-0.39, 0.29) is 47.8 Å². The molecule has 4 saturated carbocycles. The normalized spacial score (nSPS) is 33.2. The summed E-state index contributed by atoms with van der Waals surface area (Å²) in [5.74, 6) is 3.50. The highest BCUT2D eigenvalue weighted by atomic mass is 16.5. The number of allylic oxidation sites excluding steroid dienone is 3. The molecule has 74 heavy (non-hydrogen) atoms. The lowest BCUT2D eigenvalue weighted by atomic mass is 9.71. The van der Waals surface area contributed by atoms with Crippen molar-refractivity contribution in [2.75, 3.05) is 14.2 Å². The number of hydrogen-bond acceptors (Lipinski definition) is 12. The van der Waals surface area contributed by atoms with Crippen LogP contribution in [0, 0.1) is 35.5 Å². The zero-order chi connectivity index (χ0) is 52.7. The zero-order valence-corrected chi connectivity index (χ0v) is 45.7. The molecule has 2 heterocycles. The van der Waals surface area contributed by atoms with Gasteiger partial charge in [0.25, 0.3) is 0 Å². The zero-order valence-electron chi connectivity index (χ0n) is 45.7. The molecule has 5 unspecified atom stereocenters. The molecule has 0 spiro atoms. The highest BCUT2D eigenvalue weighted by Crippen LogP contribution is 2.43. The number of amides is 4. The summed E-state index contributed by atoms with van der Waals surface area (Å²) >= 11 is 0. The largest absolute Gasteiger partial charge is 0.467 e. The van der Waals surface area contributed by atoms with Crippen LogP contribution in [0.4, 0.5) is 9.59 Å². The first-order chi connectivity index (χ1) is 35.6. The van der Waals surface area contributed by atoms with Gasteiger partial charge in [0.1, 0.15) is 12.1 Å². The summed E-state index contributed by atoms with van der Waals surface area (Å²) < 4.78 is 10.2. The number of nitrogens with zero attached hydrogens (tertiary/aromatic N) is 8. The SMILES string of the molecule is COC(=O)C(C)N1C(=O)N(C2CCC(CC3CCC(N=C4N(C(C)C(=O)OC)C(=O)N4C(C)C4CC=C(CC5CCC(N=C=O)CC5)CC4)CC3)CC2)C1=NC1CC=C(CC2CCC(C(C)(C)N=C=O)CC2)CC1. The van der Waals surface area contributed by atoms with Gasteiger partial charge in [0.2, 0.25) is 24.1 Å². The third kappa shape index (κ3) is 12.7. The summed E-state index contributed by atoms with van der Waals surface area (Å²) in [5, 5.41) is 0. The van der Waals surface area contributed by atoms with Crippen molar-refractivity contribution < 1.29 is 38.2 Å². The number of isocyanates is 2. The number of carbonyl (C=O) groups is 4. The maximum absolute atomic E-state index is 13.9. The molecule has 0 aromatic rings. The van der Waals surface area contributed by atoms with E-state index in [1.807, 2.05) is 23.6 Å². The number of hydrogen-bond donors (Lipinski definition) is 0. The predicted molar refractivity (Wildman–Crippen MR) is 283 cm³/mol. The van der Waals surface area contributed by atoms with Crippen LogP contribution in [0.5, 0.6) is 0 Å². The van der Waals surface area contributed by atoms with Crippen LogP contribution in [0.2, 0.25) is 0 Å². The average molecular weight is 1020 g/mol. The van der Waals surface area contributed by atoms with Crippen molar-refractivity contribution in [2.24, 2.45) is 55.5 Å². The van der Waals surface area contributed by atoms with E-state index in [4.69, 9.17) is 19.5 Å². The fraction of sp³-hybridized carbons (Fsp3) is 0.793. The maximum Gasteiger partial charge on any atom is 0.334 e. The van der Waals surface area contributed by atoms with Gasteiger partial charge in [-0.25, -0.2) is 53.5 Å². The molecule has 0 N–H and O–H groups in total. The number of rotatable bonds is 18. The van der Waals surface area contributed by atoms with E-state index < -0.39 is 24.0 Å². The highest BCUT2D eigenvalue weighted by molar-refractivity contribution is 6.17. The minimum Gasteiger partial charge on any atom is -0.467 e. The molecule has 2 aliphatic heterocycles. The second kappa shape index (κ2) is 24.8. The van der Waals surface area contributed by atoms with Crippen molar-refractivity contribution in [2.45, 2.75) is 243 Å². The van der Waals surface area contributed by atoms with E-state index in [2.05, 4.69) is 29.1 Å². The average Bonchev–Trinajstić information content (AvgIpc) is 3.40. The van der Waals surface area contributed by atoms with Crippen LogP contribution in [0.25, 0.3) is 0 Å². The number of guanidine groups is 2. The van der Waals surface area contributed by atoms with Crippen LogP contribution in [-0.2, 0) is 28.7 Å². The summed E-state index contributed by atoms with van der Waals surface area (Å²) in [6.07, 6.45) is 33.8. The highest BCUT2D eigenvalue weighted by Gasteiger charge is 2.52. The fourth-order valence-electron chi connectivity index (χ4n) is 14.3. The van der Waals surface area contributed by atoms with Gasteiger partial charge in [-0.3, -0.25) is 9.80 Å². The van der Waals surface area contributed by atoms with Crippen molar-refractivity contribution >= 4 is 48.1 Å². The molecule has 6 aliphatic carbocycles. The molecule has 8 aliphatic rings. The third-order valence-electron chi connectivity index (χ3n) is 19.3. The molecular weight excluding hydrogens is 937 g/mol. The van der Waals surface area contributed by atoms with Crippen LogP contribution in [0.1, 0.15) is 195 Å². The van der Waals surface area contributed by atoms with Gasteiger partial charge >= 0.3 is 24.0 Å². The van der Waals surface area contributed by atoms with Crippen molar-refractivity contribution in [3.8, 4) is 0 Å². The van der Waals surface area contributed by atoms with Gasteiger partial charge < -0.3 is 9.47 Å². The van der Waals surface area contributed by atoms with Crippen molar-refractivity contribution in [3.05, 3.63) is 23.3 Å². The molecule has 0 aromatic carbocycles. The van der Waals surface area contributed by atoms with Crippen LogP contribution in [0.3, 0.4) is 0 Å². The molecule has 16 nitrogen and oxygen atoms in total. The summed E-state index contributed by atoms with van der Waals surface area (Å²) in [6, 6.07) is -1.59. The van der Waals surface area contributed by atoms with Gasteiger partial charge in [0.15, 0.2) is 0 Å². The number of ether oxygens (including phenoxy) is 2. The monoisotopic (exact) mass is 1020 g/mol. The second-order valence-corrected chi connectivity index (χ2v) is 24.2. The Morgan fingerprint density at radius 1 is 0.608 bits per heavy atom. The molecular formula is C58H86N8O8. The Balaban J connectivity index is 0.825. The topological polar surface area (TPSA) is 183 Å². The molecule has 0 radical (unpaired) electrons. The van der Waals surface area contributed by atoms with Crippen molar-refractivity contribution in [3.63, 3.8) is 0 Å². The minimum absolute atomic E-state index is 0.0452. The summed E-state index contributed by atoms with van der Waals surface area (Å²) in [4.78, 5) is 100. The minimum atomic E-state index is -0.755. The summed E-state index contributed by atoms with van der Waals surface area (Å²) in [5.41, 5.74) is 2.65. The molecule has 0 aromatic heterocycles. The fourth-order valence-corrected chi connectivity index (χ4v) is 14.3.